The van der Waals surface area contributed by atoms with Gasteiger partial charge in [0.1, 0.15) is 5.65 Å². The molecule has 0 aliphatic carbocycles. The van der Waals surface area contributed by atoms with Crippen molar-refractivity contribution < 1.29 is 18.0 Å². The van der Waals surface area contributed by atoms with Crippen LogP contribution in [0, 0.1) is 6.92 Å². The number of rotatable bonds is 5. The van der Waals surface area contributed by atoms with Crippen molar-refractivity contribution in [1.29, 1.82) is 0 Å². The molecular formula is C20H20F3N3O. The Labute approximate surface area is 154 Å². The van der Waals surface area contributed by atoms with E-state index < -0.39 is 18.5 Å². The van der Waals surface area contributed by atoms with Crippen molar-refractivity contribution in [3.8, 4) is 0 Å². The smallest absolute Gasteiger partial charge is 0.346 e. The lowest BCUT2D eigenvalue weighted by atomic mass is 9.90. The maximum absolute atomic E-state index is 12.7. The van der Waals surface area contributed by atoms with Gasteiger partial charge in [-0.2, -0.15) is 13.2 Å². The quantitative estimate of drug-likeness (QED) is 0.612. The first kappa shape index (κ1) is 18.9. The number of aromatic amines is 1. The fourth-order valence-electron chi connectivity index (χ4n) is 3.18. The lowest BCUT2D eigenvalue weighted by molar-refractivity contribution is -0.139. The molecule has 0 radical (unpaired) electrons. The Bertz CT molecular complexity index is 963. The Morgan fingerprint density at radius 2 is 2.04 bits per heavy atom. The second kappa shape index (κ2) is 7.42. The number of anilines is 1. The zero-order valence-corrected chi connectivity index (χ0v) is 15.0. The van der Waals surface area contributed by atoms with Gasteiger partial charge < -0.3 is 10.3 Å². The van der Waals surface area contributed by atoms with Crippen LogP contribution in [0.3, 0.4) is 0 Å². The normalized spacial score (nSPS) is 12.9. The van der Waals surface area contributed by atoms with E-state index in [1.807, 2.05) is 6.07 Å². The molecule has 4 nitrogen and oxygen atoms in total. The Hall–Kier alpha value is -2.83. The van der Waals surface area contributed by atoms with Gasteiger partial charge in [-0.1, -0.05) is 19.1 Å². The molecule has 0 aliphatic heterocycles. The third-order valence-electron chi connectivity index (χ3n) is 4.60. The van der Waals surface area contributed by atoms with Crippen molar-refractivity contribution in [3.63, 3.8) is 0 Å². The molecule has 0 saturated heterocycles. The lowest BCUT2D eigenvalue weighted by Gasteiger charge is -2.19. The van der Waals surface area contributed by atoms with Gasteiger partial charge >= 0.3 is 6.18 Å². The molecule has 1 atom stereocenters. The van der Waals surface area contributed by atoms with Crippen LogP contribution in [0.5, 0.6) is 0 Å². The second-order valence-electron chi connectivity index (χ2n) is 6.59. The highest BCUT2D eigenvalue weighted by Gasteiger charge is 2.32. The van der Waals surface area contributed by atoms with E-state index in [1.54, 1.807) is 50.5 Å². The first-order valence-electron chi connectivity index (χ1n) is 8.68. The van der Waals surface area contributed by atoms with E-state index in [1.165, 1.54) is 0 Å². The van der Waals surface area contributed by atoms with Crippen LogP contribution in [0.2, 0.25) is 0 Å². The summed E-state index contributed by atoms with van der Waals surface area (Å²) >= 11 is 0. The van der Waals surface area contributed by atoms with Crippen LogP contribution in [0.4, 0.5) is 18.9 Å². The first-order valence-corrected chi connectivity index (χ1v) is 8.68. The molecule has 2 heterocycles. The van der Waals surface area contributed by atoms with Gasteiger partial charge in [-0.3, -0.25) is 4.79 Å². The number of aryl methyl sites for hydroxylation is 1. The highest BCUT2D eigenvalue weighted by atomic mass is 19.4. The standard InChI is InChI=1S/C20H20F3N3O/c1-3-13(10-20(21,22)23)14-4-5-17(12(2)8-14)19(27)26-16-9-15-6-7-24-18(15)25-11-16/h4-9,11,13H,3,10H2,1-2H3,(H,24,25)(H,26,27). The number of nitrogens with zero attached hydrogens (tertiary/aromatic N) is 1. The monoisotopic (exact) mass is 375 g/mol. The molecule has 0 bridgehead atoms. The molecule has 1 amide bonds. The molecule has 0 aliphatic rings. The topological polar surface area (TPSA) is 57.8 Å². The van der Waals surface area contributed by atoms with Crippen LogP contribution >= 0.6 is 0 Å². The average Bonchev–Trinajstić information content (AvgIpc) is 3.06. The predicted octanol–water partition coefficient (Wildman–Crippen LogP) is 5.57. The number of aromatic nitrogens is 2. The van der Waals surface area contributed by atoms with E-state index in [0.717, 1.165) is 11.0 Å². The SMILES string of the molecule is CCC(CC(F)(F)F)c1ccc(C(=O)Nc2cnc3[nH]ccc3c2)c(C)c1. The van der Waals surface area contributed by atoms with Gasteiger partial charge in [0.25, 0.3) is 5.91 Å². The summed E-state index contributed by atoms with van der Waals surface area (Å²) in [4.78, 5) is 19.8. The van der Waals surface area contributed by atoms with E-state index in [9.17, 15) is 18.0 Å². The van der Waals surface area contributed by atoms with Crippen molar-refractivity contribution in [3.05, 3.63) is 59.4 Å². The zero-order valence-electron chi connectivity index (χ0n) is 15.0. The fraction of sp³-hybridized carbons (Fsp3) is 0.300. The molecule has 2 N–H and O–H groups in total. The first-order chi connectivity index (χ1) is 12.8. The number of halogens is 3. The summed E-state index contributed by atoms with van der Waals surface area (Å²) in [5.41, 5.74) is 2.94. The molecule has 2 aromatic heterocycles. The van der Waals surface area contributed by atoms with E-state index in [-0.39, 0.29) is 5.91 Å². The molecule has 1 aromatic carbocycles. The van der Waals surface area contributed by atoms with Gasteiger partial charge in [-0.25, -0.2) is 4.98 Å². The van der Waals surface area contributed by atoms with Gasteiger partial charge in [0.15, 0.2) is 0 Å². The maximum Gasteiger partial charge on any atom is 0.389 e. The zero-order chi connectivity index (χ0) is 19.6. The number of fused-ring (bicyclic) bond motifs is 1. The number of pyridine rings is 1. The van der Waals surface area contributed by atoms with Gasteiger partial charge in [0.2, 0.25) is 0 Å². The van der Waals surface area contributed by atoms with Gasteiger partial charge in [-0.05, 0) is 48.6 Å². The lowest BCUT2D eigenvalue weighted by Crippen LogP contribution is -2.16. The summed E-state index contributed by atoms with van der Waals surface area (Å²) in [5, 5.41) is 3.66. The molecular weight excluding hydrogens is 355 g/mol. The predicted molar refractivity (Wildman–Crippen MR) is 98.9 cm³/mol. The Morgan fingerprint density at radius 3 is 2.70 bits per heavy atom. The van der Waals surface area contributed by atoms with Crippen molar-refractivity contribution in [2.24, 2.45) is 0 Å². The summed E-state index contributed by atoms with van der Waals surface area (Å²) < 4.78 is 38.2. The second-order valence-corrected chi connectivity index (χ2v) is 6.59. The number of hydrogen-bond donors (Lipinski definition) is 2. The molecule has 27 heavy (non-hydrogen) atoms. The molecule has 142 valence electrons. The largest absolute Gasteiger partial charge is 0.389 e. The Morgan fingerprint density at radius 1 is 1.26 bits per heavy atom. The van der Waals surface area contributed by atoms with E-state index >= 15 is 0 Å². The summed E-state index contributed by atoms with van der Waals surface area (Å²) in [6.45, 7) is 3.46. The van der Waals surface area contributed by atoms with Crippen molar-refractivity contribution in [2.45, 2.75) is 38.8 Å². The Balaban J connectivity index is 1.78. The number of carbonyl (C=O) groups excluding carboxylic acids is 1. The van der Waals surface area contributed by atoms with E-state index in [2.05, 4.69) is 15.3 Å². The highest BCUT2D eigenvalue weighted by molar-refractivity contribution is 6.05. The number of alkyl halides is 3. The fourth-order valence-corrected chi connectivity index (χ4v) is 3.18. The number of amides is 1. The maximum atomic E-state index is 12.7. The van der Waals surface area contributed by atoms with Crippen LogP contribution in [0.15, 0.2) is 42.7 Å². The van der Waals surface area contributed by atoms with Gasteiger partial charge in [-0.15, -0.1) is 0 Å². The summed E-state index contributed by atoms with van der Waals surface area (Å²) in [6, 6.07) is 8.51. The van der Waals surface area contributed by atoms with Crippen molar-refractivity contribution >= 4 is 22.6 Å². The van der Waals surface area contributed by atoms with Crippen LogP contribution in [0.25, 0.3) is 11.0 Å². The molecule has 0 fully saturated rings. The molecule has 0 spiro atoms. The van der Waals surface area contributed by atoms with Gasteiger partial charge in [0.05, 0.1) is 18.3 Å². The molecule has 7 heteroatoms. The minimum absolute atomic E-state index is 0.320. The number of hydrogen-bond acceptors (Lipinski definition) is 2. The molecule has 0 saturated carbocycles. The highest BCUT2D eigenvalue weighted by Crippen LogP contribution is 2.34. The average molecular weight is 375 g/mol. The summed E-state index contributed by atoms with van der Waals surface area (Å²) in [7, 11) is 0. The number of benzene rings is 1. The molecule has 1 unspecified atom stereocenters. The van der Waals surface area contributed by atoms with E-state index in [0.29, 0.717) is 28.8 Å². The van der Waals surface area contributed by atoms with Crippen LogP contribution in [-0.4, -0.2) is 22.1 Å². The third kappa shape index (κ3) is 4.48. The van der Waals surface area contributed by atoms with Crippen LogP contribution < -0.4 is 5.32 Å². The summed E-state index contributed by atoms with van der Waals surface area (Å²) in [6.07, 6.45) is -1.38. The number of H-pyrrole nitrogens is 1. The summed E-state index contributed by atoms with van der Waals surface area (Å²) in [5.74, 6) is -0.930. The van der Waals surface area contributed by atoms with Crippen molar-refractivity contribution in [2.75, 3.05) is 5.32 Å². The number of carbonyl (C=O) groups is 1. The Kier molecular flexibility index (Phi) is 5.21. The van der Waals surface area contributed by atoms with E-state index in [4.69, 9.17) is 0 Å². The third-order valence-corrected chi connectivity index (χ3v) is 4.60. The van der Waals surface area contributed by atoms with Crippen LogP contribution in [0.1, 0.15) is 47.2 Å². The van der Waals surface area contributed by atoms with Crippen molar-refractivity contribution in [1.82, 2.24) is 9.97 Å². The number of nitrogens with one attached hydrogen (secondary N) is 2. The molecule has 3 aromatic rings. The minimum atomic E-state index is -4.21. The van der Waals surface area contributed by atoms with Crippen LogP contribution in [-0.2, 0) is 0 Å². The van der Waals surface area contributed by atoms with Gasteiger partial charge in [0, 0.05) is 17.1 Å². The minimum Gasteiger partial charge on any atom is -0.346 e. The molecule has 3 rings (SSSR count).